The molecule has 1 N–H and O–H groups in total. The molecular weight excluding hydrogens is 400 g/mol. The fraction of sp³-hybridized carbons (Fsp3) is 0.350. The van der Waals surface area contributed by atoms with E-state index in [0.29, 0.717) is 23.3 Å². The minimum Gasteiger partial charge on any atom is -0.369 e. The molecule has 1 aliphatic heterocycles. The van der Waals surface area contributed by atoms with Gasteiger partial charge in [0.15, 0.2) is 0 Å². The molecule has 9 heteroatoms. The maximum Gasteiger partial charge on any atom is 0.430 e. The monoisotopic (exact) mass is 417 g/mol. The minimum absolute atomic E-state index is 0.107. The Bertz CT molecular complexity index is 921. The Kier molecular flexibility index (Phi) is 5.15. The van der Waals surface area contributed by atoms with Crippen LogP contribution in [0.4, 0.5) is 32.0 Å². The van der Waals surface area contributed by atoms with Gasteiger partial charge < -0.3 is 10.0 Å². The van der Waals surface area contributed by atoms with E-state index in [0.717, 1.165) is 6.07 Å². The van der Waals surface area contributed by atoms with Crippen LogP contribution >= 0.6 is 0 Å². The number of anilines is 1. The van der Waals surface area contributed by atoms with Crippen LogP contribution in [0.2, 0.25) is 0 Å². The van der Waals surface area contributed by atoms with Crippen LogP contribution in [0, 0.1) is 0 Å². The van der Waals surface area contributed by atoms with Gasteiger partial charge in [-0.3, -0.25) is 4.79 Å². The summed E-state index contributed by atoms with van der Waals surface area (Å²) in [6.07, 6.45) is -11.6. The lowest BCUT2D eigenvalue weighted by molar-refractivity contribution is -0.376. The largest absolute Gasteiger partial charge is 0.430 e. The Morgan fingerprint density at radius 1 is 0.931 bits per heavy atom. The van der Waals surface area contributed by atoms with Gasteiger partial charge in [-0.1, -0.05) is 30.3 Å². The fourth-order valence-electron chi connectivity index (χ4n) is 3.55. The molecule has 0 spiro atoms. The highest BCUT2D eigenvalue weighted by Crippen LogP contribution is 2.50. The Morgan fingerprint density at radius 3 is 2.10 bits per heavy atom. The lowest BCUT2D eigenvalue weighted by Gasteiger charge is -2.34. The van der Waals surface area contributed by atoms with Gasteiger partial charge in [0.25, 0.3) is 11.5 Å². The van der Waals surface area contributed by atoms with E-state index in [-0.39, 0.29) is 30.6 Å². The van der Waals surface area contributed by atoms with E-state index >= 15 is 0 Å². The van der Waals surface area contributed by atoms with Crippen molar-refractivity contribution in [3.05, 3.63) is 64.7 Å². The second-order valence-corrected chi connectivity index (χ2v) is 6.76. The molecule has 3 rings (SSSR count). The molecule has 29 heavy (non-hydrogen) atoms. The predicted octanol–water partition coefficient (Wildman–Crippen LogP) is 4.76. The van der Waals surface area contributed by atoms with Crippen molar-refractivity contribution in [2.24, 2.45) is 0 Å². The number of hydrogen-bond acceptors (Lipinski definition) is 2. The van der Waals surface area contributed by atoms with Gasteiger partial charge in [-0.05, 0) is 43.0 Å². The van der Waals surface area contributed by atoms with Crippen molar-refractivity contribution in [1.29, 1.82) is 0 Å². The predicted molar refractivity (Wildman–Crippen MR) is 93.6 cm³/mol. The van der Waals surface area contributed by atoms with Gasteiger partial charge in [-0.2, -0.15) is 26.3 Å². The summed E-state index contributed by atoms with van der Waals surface area (Å²) in [5.74, 6) is -0.390. The molecule has 0 bridgehead atoms. The smallest absolute Gasteiger partial charge is 0.369 e. The zero-order chi connectivity index (χ0) is 21.6. The maximum absolute atomic E-state index is 13.2. The van der Waals surface area contributed by atoms with E-state index in [9.17, 15) is 36.2 Å². The SMILES string of the molecule is CCN1C(=O)c2ccccc2CCc2cc(C(O)(C(F)(F)F)C(F)(F)F)ccc21. The number of halogens is 6. The topological polar surface area (TPSA) is 40.5 Å². The minimum atomic E-state index is -5.96. The number of aliphatic hydroxyl groups is 1. The molecule has 0 aliphatic carbocycles. The molecule has 0 fully saturated rings. The molecule has 1 aliphatic rings. The number of nitrogens with zero attached hydrogens (tertiary/aromatic N) is 1. The lowest BCUT2D eigenvalue weighted by atomic mass is 9.88. The average molecular weight is 417 g/mol. The standard InChI is InChI=1S/C20H17F6NO2/c1-2-27-16-10-9-14(18(29,19(21,22)23)20(24,25)26)11-13(16)8-7-12-5-3-4-6-15(12)17(27)28/h3-6,9-11,29H,2,7-8H2,1H3. The van der Waals surface area contributed by atoms with Crippen LogP contribution in [0.25, 0.3) is 0 Å². The number of carbonyl (C=O) groups excluding carboxylic acids is 1. The van der Waals surface area contributed by atoms with Crippen LogP contribution in [0.15, 0.2) is 42.5 Å². The Balaban J connectivity index is 2.17. The molecule has 0 unspecified atom stereocenters. The summed E-state index contributed by atoms with van der Waals surface area (Å²) in [5, 5.41) is 9.69. The van der Waals surface area contributed by atoms with Crippen LogP contribution < -0.4 is 4.90 Å². The Hall–Kier alpha value is -2.55. The number of amides is 1. The van der Waals surface area contributed by atoms with Gasteiger partial charge in [0, 0.05) is 23.4 Å². The summed E-state index contributed by atoms with van der Waals surface area (Å²) < 4.78 is 79.4. The first-order chi connectivity index (χ1) is 13.4. The first kappa shape index (κ1) is 21.2. The number of benzene rings is 2. The lowest BCUT2D eigenvalue weighted by Crippen LogP contribution is -2.54. The van der Waals surface area contributed by atoms with E-state index < -0.39 is 29.4 Å². The Morgan fingerprint density at radius 2 is 1.52 bits per heavy atom. The van der Waals surface area contributed by atoms with Crippen LogP contribution in [0.5, 0.6) is 0 Å². The summed E-state index contributed by atoms with van der Waals surface area (Å²) in [7, 11) is 0. The number of rotatable bonds is 2. The van der Waals surface area contributed by atoms with E-state index in [2.05, 4.69) is 0 Å². The Labute approximate surface area is 162 Å². The molecule has 0 atom stereocenters. The van der Waals surface area contributed by atoms with Gasteiger partial charge >= 0.3 is 12.4 Å². The van der Waals surface area contributed by atoms with Crippen molar-refractivity contribution in [2.45, 2.75) is 37.7 Å². The van der Waals surface area contributed by atoms with Crippen molar-refractivity contribution in [1.82, 2.24) is 0 Å². The first-order valence-corrected chi connectivity index (χ1v) is 8.80. The second kappa shape index (κ2) is 7.05. The van der Waals surface area contributed by atoms with Crippen molar-refractivity contribution in [3.63, 3.8) is 0 Å². The van der Waals surface area contributed by atoms with Gasteiger partial charge in [-0.15, -0.1) is 0 Å². The fourth-order valence-corrected chi connectivity index (χ4v) is 3.55. The maximum atomic E-state index is 13.2. The molecule has 1 amide bonds. The number of alkyl halides is 6. The summed E-state index contributed by atoms with van der Waals surface area (Å²) in [6.45, 7) is 1.82. The highest BCUT2D eigenvalue weighted by Gasteiger charge is 2.71. The number of fused-ring (bicyclic) bond motifs is 2. The van der Waals surface area contributed by atoms with E-state index in [4.69, 9.17) is 0 Å². The zero-order valence-corrected chi connectivity index (χ0v) is 15.2. The average Bonchev–Trinajstić information content (AvgIpc) is 2.64. The van der Waals surface area contributed by atoms with Crippen LogP contribution in [-0.4, -0.2) is 29.9 Å². The summed E-state index contributed by atoms with van der Waals surface area (Å²) >= 11 is 0. The third kappa shape index (κ3) is 3.37. The summed E-state index contributed by atoms with van der Waals surface area (Å²) in [5.41, 5.74) is -4.90. The third-order valence-electron chi connectivity index (χ3n) is 5.08. The molecular formula is C20H17F6NO2. The van der Waals surface area contributed by atoms with Crippen molar-refractivity contribution in [3.8, 4) is 0 Å². The van der Waals surface area contributed by atoms with E-state index in [1.807, 2.05) is 0 Å². The third-order valence-corrected chi connectivity index (χ3v) is 5.08. The number of aryl methyl sites for hydroxylation is 2. The first-order valence-electron chi connectivity index (χ1n) is 8.80. The molecule has 156 valence electrons. The molecule has 0 radical (unpaired) electrons. The molecule has 3 nitrogen and oxygen atoms in total. The molecule has 2 aromatic rings. The molecule has 1 heterocycles. The number of hydrogen-bond donors (Lipinski definition) is 1. The summed E-state index contributed by atoms with van der Waals surface area (Å²) in [6, 6.07) is 9.01. The van der Waals surface area contributed by atoms with Gasteiger partial charge in [0.1, 0.15) is 0 Å². The van der Waals surface area contributed by atoms with E-state index in [1.165, 1.54) is 4.90 Å². The highest BCUT2D eigenvalue weighted by atomic mass is 19.4. The van der Waals surface area contributed by atoms with Crippen molar-refractivity contribution in [2.75, 3.05) is 11.4 Å². The van der Waals surface area contributed by atoms with Crippen molar-refractivity contribution < 1.29 is 36.2 Å². The molecule has 0 saturated carbocycles. The quantitative estimate of drug-likeness (QED) is 0.716. The summed E-state index contributed by atoms with van der Waals surface area (Å²) in [4.78, 5) is 14.2. The number of carbonyl (C=O) groups is 1. The van der Waals surface area contributed by atoms with Crippen molar-refractivity contribution >= 4 is 11.6 Å². The van der Waals surface area contributed by atoms with Gasteiger partial charge in [-0.25, -0.2) is 0 Å². The van der Waals surface area contributed by atoms with Crippen LogP contribution in [0.3, 0.4) is 0 Å². The second-order valence-electron chi connectivity index (χ2n) is 6.76. The van der Waals surface area contributed by atoms with E-state index in [1.54, 1.807) is 31.2 Å². The molecule has 0 aromatic heterocycles. The van der Waals surface area contributed by atoms with Gasteiger partial charge in [0.05, 0.1) is 0 Å². The van der Waals surface area contributed by atoms with Crippen LogP contribution in [0.1, 0.15) is 34.0 Å². The molecule has 0 saturated heterocycles. The normalized spacial score (nSPS) is 15.4. The highest BCUT2D eigenvalue weighted by molar-refractivity contribution is 6.07. The zero-order valence-electron chi connectivity index (χ0n) is 15.2. The van der Waals surface area contributed by atoms with Crippen LogP contribution in [-0.2, 0) is 18.4 Å². The molecule has 2 aromatic carbocycles. The van der Waals surface area contributed by atoms with Gasteiger partial charge in [0.2, 0.25) is 0 Å².